The lowest BCUT2D eigenvalue weighted by molar-refractivity contribution is 0.0144. The summed E-state index contributed by atoms with van der Waals surface area (Å²) in [5.41, 5.74) is 0. The molecule has 0 aromatic rings. The molecule has 0 aromatic carbocycles. The topological polar surface area (TPSA) is 24.5 Å². The summed E-state index contributed by atoms with van der Waals surface area (Å²) in [6.07, 6.45) is 11.6. The number of nitrogens with zero attached hydrogens (tertiary/aromatic N) is 1. The maximum absolute atomic E-state index is 6.24. The van der Waals surface area contributed by atoms with Crippen molar-refractivity contribution in [3.8, 4) is 0 Å². The maximum atomic E-state index is 6.24. The Labute approximate surface area is 125 Å². The van der Waals surface area contributed by atoms with E-state index in [1.54, 1.807) is 0 Å². The molecule has 0 amide bonds. The van der Waals surface area contributed by atoms with E-state index in [0.717, 1.165) is 19.1 Å². The van der Waals surface area contributed by atoms with Crippen molar-refractivity contribution in [1.82, 2.24) is 10.2 Å². The molecule has 3 heteroatoms. The minimum absolute atomic E-state index is 0.457. The van der Waals surface area contributed by atoms with Crippen LogP contribution in [0.15, 0.2) is 0 Å². The predicted molar refractivity (Wildman–Crippen MR) is 85.2 cm³/mol. The Morgan fingerprint density at radius 1 is 1.05 bits per heavy atom. The quantitative estimate of drug-likeness (QED) is 0.726. The first-order valence-electron chi connectivity index (χ1n) is 8.93. The number of likely N-dealkylation sites (tertiary alicyclic amines) is 1. The normalized spacial score (nSPS) is 32.4. The van der Waals surface area contributed by atoms with Gasteiger partial charge in [0.1, 0.15) is 0 Å². The zero-order valence-electron chi connectivity index (χ0n) is 13.6. The predicted octanol–water partition coefficient (Wildman–Crippen LogP) is 3.19. The van der Waals surface area contributed by atoms with Gasteiger partial charge in [0.2, 0.25) is 0 Å². The van der Waals surface area contributed by atoms with E-state index in [1.807, 2.05) is 0 Å². The minimum Gasteiger partial charge on any atom is -0.372 e. The molecule has 118 valence electrons. The minimum atomic E-state index is 0.457. The van der Waals surface area contributed by atoms with Gasteiger partial charge in [-0.25, -0.2) is 0 Å². The Balaban J connectivity index is 1.72. The standard InChI is InChI=1S/C17H34N2O/c1-3-11-18-13-16-9-10-17(20-16)14-19-12-7-5-6-8-15(19)4-2/h15-18H,3-14H2,1-2H3. The molecule has 2 heterocycles. The molecule has 0 radical (unpaired) electrons. The lowest BCUT2D eigenvalue weighted by Crippen LogP contribution is -2.40. The molecule has 2 fully saturated rings. The second-order valence-corrected chi connectivity index (χ2v) is 6.57. The molecule has 0 spiro atoms. The number of ether oxygens (including phenoxy) is 1. The second kappa shape index (κ2) is 9.01. The molecule has 2 rings (SSSR count). The van der Waals surface area contributed by atoms with Crippen molar-refractivity contribution in [2.24, 2.45) is 0 Å². The van der Waals surface area contributed by atoms with Crippen molar-refractivity contribution in [3.05, 3.63) is 0 Å². The SMILES string of the molecule is CCCNCC1CCC(CN2CCCCCC2CC)O1. The molecule has 2 saturated heterocycles. The van der Waals surface area contributed by atoms with Gasteiger partial charge in [0.05, 0.1) is 12.2 Å². The van der Waals surface area contributed by atoms with Crippen LogP contribution in [0.1, 0.15) is 65.2 Å². The molecule has 3 atom stereocenters. The van der Waals surface area contributed by atoms with Crippen LogP contribution >= 0.6 is 0 Å². The molecule has 3 unspecified atom stereocenters. The molecule has 0 bridgehead atoms. The smallest absolute Gasteiger partial charge is 0.0707 e. The summed E-state index contributed by atoms with van der Waals surface area (Å²) in [5, 5.41) is 3.49. The van der Waals surface area contributed by atoms with Crippen molar-refractivity contribution >= 4 is 0 Å². The van der Waals surface area contributed by atoms with Crippen LogP contribution in [0.5, 0.6) is 0 Å². The van der Waals surface area contributed by atoms with Crippen molar-refractivity contribution in [2.75, 3.05) is 26.2 Å². The fourth-order valence-electron chi connectivity index (χ4n) is 3.71. The molecular formula is C17H34N2O. The van der Waals surface area contributed by atoms with E-state index in [4.69, 9.17) is 4.74 Å². The molecule has 20 heavy (non-hydrogen) atoms. The van der Waals surface area contributed by atoms with Gasteiger partial charge in [-0.3, -0.25) is 4.90 Å². The molecule has 2 aliphatic rings. The van der Waals surface area contributed by atoms with Crippen molar-refractivity contribution in [2.45, 2.75) is 83.5 Å². The largest absolute Gasteiger partial charge is 0.372 e. The fraction of sp³-hybridized carbons (Fsp3) is 1.00. The van der Waals surface area contributed by atoms with Gasteiger partial charge < -0.3 is 10.1 Å². The van der Waals surface area contributed by atoms with E-state index in [0.29, 0.717) is 12.2 Å². The Morgan fingerprint density at radius 3 is 2.70 bits per heavy atom. The van der Waals surface area contributed by atoms with Gasteiger partial charge in [-0.05, 0) is 51.6 Å². The summed E-state index contributed by atoms with van der Waals surface area (Å²) in [4.78, 5) is 2.72. The van der Waals surface area contributed by atoms with Gasteiger partial charge in [0.15, 0.2) is 0 Å². The highest BCUT2D eigenvalue weighted by molar-refractivity contribution is 4.82. The van der Waals surface area contributed by atoms with E-state index in [2.05, 4.69) is 24.1 Å². The Hall–Kier alpha value is -0.120. The molecule has 0 saturated carbocycles. The summed E-state index contributed by atoms with van der Waals surface area (Å²) < 4.78 is 6.24. The van der Waals surface area contributed by atoms with Crippen LogP contribution in [-0.4, -0.2) is 49.3 Å². The van der Waals surface area contributed by atoms with Crippen molar-refractivity contribution in [1.29, 1.82) is 0 Å². The van der Waals surface area contributed by atoms with Gasteiger partial charge in [-0.15, -0.1) is 0 Å². The Morgan fingerprint density at radius 2 is 1.90 bits per heavy atom. The number of nitrogens with one attached hydrogen (secondary N) is 1. The number of hydrogen-bond donors (Lipinski definition) is 1. The van der Waals surface area contributed by atoms with E-state index < -0.39 is 0 Å². The first-order chi connectivity index (χ1) is 9.83. The van der Waals surface area contributed by atoms with Crippen LogP contribution in [0, 0.1) is 0 Å². The van der Waals surface area contributed by atoms with Crippen LogP contribution < -0.4 is 5.32 Å². The van der Waals surface area contributed by atoms with Crippen LogP contribution in [-0.2, 0) is 4.74 Å². The lowest BCUT2D eigenvalue weighted by Gasteiger charge is -2.31. The summed E-state index contributed by atoms with van der Waals surface area (Å²) in [5.74, 6) is 0. The fourth-order valence-corrected chi connectivity index (χ4v) is 3.71. The number of hydrogen-bond acceptors (Lipinski definition) is 3. The van der Waals surface area contributed by atoms with Crippen LogP contribution in [0.25, 0.3) is 0 Å². The van der Waals surface area contributed by atoms with Crippen LogP contribution in [0.3, 0.4) is 0 Å². The van der Waals surface area contributed by atoms with Gasteiger partial charge in [-0.2, -0.15) is 0 Å². The van der Waals surface area contributed by atoms with Crippen molar-refractivity contribution < 1.29 is 4.74 Å². The Kier molecular flexibility index (Phi) is 7.32. The highest BCUT2D eigenvalue weighted by atomic mass is 16.5. The summed E-state index contributed by atoms with van der Waals surface area (Å²) in [6.45, 7) is 9.18. The van der Waals surface area contributed by atoms with Crippen LogP contribution in [0.4, 0.5) is 0 Å². The second-order valence-electron chi connectivity index (χ2n) is 6.57. The summed E-state index contributed by atoms with van der Waals surface area (Å²) >= 11 is 0. The molecule has 0 aromatic heterocycles. The Bertz CT molecular complexity index is 259. The monoisotopic (exact) mass is 282 g/mol. The highest BCUT2D eigenvalue weighted by Crippen LogP contribution is 2.24. The molecule has 2 aliphatic heterocycles. The van der Waals surface area contributed by atoms with Gasteiger partial charge >= 0.3 is 0 Å². The van der Waals surface area contributed by atoms with Gasteiger partial charge in [0.25, 0.3) is 0 Å². The zero-order valence-corrected chi connectivity index (χ0v) is 13.6. The number of rotatable bonds is 7. The summed E-state index contributed by atoms with van der Waals surface area (Å²) in [6, 6.07) is 0.804. The van der Waals surface area contributed by atoms with E-state index in [-0.39, 0.29) is 0 Å². The average Bonchev–Trinajstić information content (AvgIpc) is 2.77. The molecular weight excluding hydrogens is 248 g/mol. The van der Waals surface area contributed by atoms with E-state index in [9.17, 15) is 0 Å². The zero-order chi connectivity index (χ0) is 14.2. The lowest BCUT2D eigenvalue weighted by atomic mass is 10.1. The maximum Gasteiger partial charge on any atom is 0.0707 e. The van der Waals surface area contributed by atoms with E-state index >= 15 is 0 Å². The van der Waals surface area contributed by atoms with Crippen molar-refractivity contribution in [3.63, 3.8) is 0 Å². The van der Waals surface area contributed by atoms with Gasteiger partial charge in [0, 0.05) is 19.1 Å². The van der Waals surface area contributed by atoms with Crippen LogP contribution in [0.2, 0.25) is 0 Å². The average molecular weight is 282 g/mol. The molecule has 0 aliphatic carbocycles. The first-order valence-corrected chi connectivity index (χ1v) is 8.93. The third-order valence-electron chi connectivity index (χ3n) is 4.90. The highest BCUT2D eigenvalue weighted by Gasteiger charge is 2.29. The molecule has 1 N–H and O–H groups in total. The van der Waals surface area contributed by atoms with E-state index in [1.165, 1.54) is 64.5 Å². The van der Waals surface area contributed by atoms with Gasteiger partial charge in [-0.1, -0.05) is 26.7 Å². The third-order valence-corrected chi connectivity index (χ3v) is 4.90. The third kappa shape index (κ3) is 5.01. The molecule has 3 nitrogen and oxygen atoms in total. The first kappa shape index (κ1) is 16.3. The summed E-state index contributed by atoms with van der Waals surface area (Å²) in [7, 11) is 0.